The van der Waals surface area contributed by atoms with Gasteiger partial charge in [-0.05, 0) is 32.4 Å². The Labute approximate surface area is 78.7 Å². The van der Waals surface area contributed by atoms with Gasteiger partial charge in [0.15, 0.2) is 0 Å². The van der Waals surface area contributed by atoms with Gasteiger partial charge in [-0.25, -0.2) is 0 Å². The summed E-state index contributed by atoms with van der Waals surface area (Å²) in [4.78, 5) is 13.1. The van der Waals surface area contributed by atoms with Crippen LogP contribution in [0.2, 0.25) is 0 Å². The molecule has 4 nitrogen and oxygen atoms in total. The van der Waals surface area contributed by atoms with Gasteiger partial charge >= 0.3 is 5.97 Å². The molecule has 1 aliphatic rings. The van der Waals surface area contributed by atoms with E-state index in [0.717, 1.165) is 26.1 Å². The van der Waals surface area contributed by atoms with E-state index in [-0.39, 0.29) is 0 Å². The zero-order valence-corrected chi connectivity index (χ0v) is 8.12. The molecule has 0 aromatic carbocycles. The van der Waals surface area contributed by atoms with Crippen molar-refractivity contribution >= 4 is 5.97 Å². The largest absolute Gasteiger partial charge is 0.480 e. The van der Waals surface area contributed by atoms with Crippen molar-refractivity contribution in [2.75, 3.05) is 19.6 Å². The van der Waals surface area contributed by atoms with Gasteiger partial charge in [0.2, 0.25) is 0 Å². The number of rotatable bonds is 2. The van der Waals surface area contributed by atoms with Gasteiger partial charge < -0.3 is 15.7 Å². The Balaban J connectivity index is 2.58. The molecule has 13 heavy (non-hydrogen) atoms. The van der Waals surface area contributed by atoms with Crippen LogP contribution < -0.4 is 5.73 Å². The second kappa shape index (κ2) is 4.07. The summed E-state index contributed by atoms with van der Waals surface area (Å²) in [7, 11) is 0. The zero-order chi connectivity index (χ0) is 9.90. The van der Waals surface area contributed by atoms with E-state index in [4.69, 9.17) is 10.8 Å². The maximum absolute atomic E-state index is 10.9. The summed E-state index contributed by atoms with van der Waals surface area (Å²) in [5.74, 6) is -0.856. The molecule has 0 aliphatic carbocycles. The monoisotopic (exact) mass is 186 g/mol. The molecule has 76 valence electrons. The van der Waals surface area contributed by atoms with Crippen molar-refractivity contribution in [3.63, 3.8) is 0 Å². The fraction of sp³-hybridized carbons (Fsp3) is 0.889. The third-order valence-corrected chi connectivity index (χ3v) is 2.84. The van der Waals surface area contributed by atoms with Gasteiger partial charge in [-0.3, -0.25) is 4.79 Å². The van der Waals surface area contributed by atoms with Crippen molar-refractivity contribution in [1.82, 2.24) is 4.90 Å². The highest BCUT2D eigenvalue weighted by Crippen LogP contribution is 2.19. The van der Waals surface area contributed by atoms with Crippen molar-refractivity contribution in [2.45, 2.75) is 31.7 Å². The third-order valence-electron chi connectivity index (χ3n) is 2.84. The lowest BCUT2D eigenvalue weighted by molar-refractivity contribution is -0.143. The minimum absolute atomic E-state index is 0.566. The molecule has 1 fully saturated rings. The molecule has 4 heteroatoms. The van der Waals surface area contributed by atoms with Crippen LogP contribution in [-0.4, -0.2) is 41.1 Å². The summed E-state index contributed by atoms with van der Waals surface area (Å²) in [6, 6.07) is 0. The topological polar surface area (TPSA) is 66.6 Å². The van der Waals surface area contributed by atoms with Gasteiger partial charge in [0.1, 0.15) is 5.54 Å². The first-order valence-corrected chi connectivity index (χ1v) is 4.83. The Bertz CT molecular complexity index is 196. The number of hydrogen-bond donors (Lipinski definition) is 2. The molecule has 0 saturated carbocycles. The average molecular weight is 186 g/mol. The first-order chi connectivity index (χ1) is 6.08. The van der Waals surface area contributed by atoms with Crippen LogP contribution in [-0.2, 0) is 4.79 Å². The molecule has 1 saturated heterocycles. The Morgan fingerprint density at radius 2 is 2.23 bits per heavy atom. The SMILES string of the molecule is CCN1CCCC(N)(C(=O)O)CC1. The number of carbonyl (C=O) groups is 1. The van der Waals surface area contributed by atoms with Gasteiger partial charge in [0.25, 0.3) is 0 Å². The van der Waals surface area contributed by atoms with E-state index in [1.165, 1.54) is 0 Å². The summed E-state index contributed by atoms with van der Waals surface area (Å²) < 4.78 is 0. The number of carboxylic acid groups (broad SMARTS) is 1. The number of carboxylic acids is 1. The number of nitrogens with zero attached hydrogens (tertiary/aromatic N) is 1. The Morgan fingerprint density at radius 1 is 1.54 bits per heavy atom. The Kier molecular flexibility index (Phi) is 3.27. The van der Waals surface area contributed by atoms with Crippen molar-refractivity contribution in [1.29, 1.82) is 0 Å². The van der Waals surface area contributed by atoms with Crippen molar-refractivity contribution in [3.8, 4) is 0 Å². The summed E-state index contributed by atoms with van der Waals surface area (Å²) in [5, 5.41) is 8.94. The average Bonchev–Trinajstić information content (AvgIpc) is 2.28. The molecule has 1 heterocycles. The zero-order valence-electron chi connectivity index (χ0n) is 8.12. The highest BCUT2D eigenvalue weighted by atomic mass is 16.4. The van der Waals surface area contributed by atoms with Gasteiger partial charge in [-0.15, -0.1) is 0 Å². The van der Waals surface area contributed by atoms with Crippen molar-refractivity contribution in [2.24, 2.45) is 5.73 Å². The van der Waals surface area contributed by atoms with Gasteiger partial charge in [-0.1, -0.05) is 6.92 Å². The molecule has 0 spiro atoms. The maximum Gasteiger partial charge on any atom is 0.323 e. The second-order valence-electron chi connectivity index (χ2n) is 3.75. The number of hydrogen-bond acceptors (Lipinski definition) is 3. The van der Waals surface area contributed by atoms with Gasteiger partial charge in [-0.2, -0.15) is 0 Å². The lowest BCUT2D eigenvalue weighted by Crippen LogP contribution is -2.48. The van der Waals surface area contributed by atoms with Gasteiger partial charge in [0, 0.05) is 6.54 Å². The van der Waals surface area contributed by atoms with E-state index in [1.807, 2.05) is 0 Å². The molecule has 0 aromatic rings. The maximum atomic E-state index is 10.9. The Morgan fingerprint density at radius 3 is 2.77 bits per heavy atom. The van der Waals surface area contributed by atoms with Crippen LogP contribution in [0.15, 0.2) is 0 Å². The van der Waals surface area contributed by atoms with E-state index >= 15 is 0 Å². The fourth-order valence-electron chi connectivity index (χ4n) is 1.74. The molecule has 0 aromatic heterocycles. The van der Waals surface area contributed by atoms with Gasteiger partial charge in [0.05, 0.1) is 0 Å². The van der Waals surface area contributed by atoms with E-state index < -0.39 is 11.5 Å². The summed E-state index contributed by atoms with van der Waals surface area (Å²) >= 11 is 0. The van der Waals surface area contributed by atoms with Crippen LogP contribution >= 0.6 is 0 Å². The van der Waals surface area contributed by atoms with Crippen LogP contribution in [0.4, 0.5) is 0 Å². The molecule has 1 aliphatic heterocycles. The molecule has 1 rings (SSSR count). The predicted molar refractivity (Wildman–Crippen MR) is 50.5 cm³/mol. The Hall–Kier alpha value is -0.610. The summed E-state index contributed by atoms with van der Waals surface area (Å²) in [6.07, 6.45) is 2.05. The molecule has 0 bridgehead atoms. The quantitative estimate of drug-likeness (QED) is 0.650. The van der Waals surface area contributed by atoms with Crippen molar-refractivity contribution in [3.05, 3.63) is 0 Å². The molecule has 0 radical (unpaired) electrons. The highest BCUT2D eigenvalue weighted by molar-refractivity contribution is 5.78. The van der Waals surface area contributed by atoms with E-state index in [9.17, 15) is 4.79 Å². The number of aliphatic carboxylic acids is 1. The second-order valence-corrected chi connectivity index (χ2v) is 3.75. The number of nitrogens with two attached hydrogens (primary N) is 1. The molecule has 1 atom stereocenters. The van der Waals surface area contributed by atoms with E-state index in [0.29, 0.717) is 12.8 Å². The summed E-state index contributed by atoms with van der Waals surface area (Å²) in [6.45, 7) is 4.85. The van der Waals surface area contributed by atoms with Crippen LogP contribution in [0.3, 0.4) is 0 Å². The van der Waals surface area contributed by atoms with Crippen LogP contribution in [0.25, 0.3) is 0 Å². The third kappa shape index (κ3) is 2.42. The number of likely N-dealkylation sites (tertiary alicyclic amines) is 1. The lowest BCUT2D eigenvalue weighted by Gasteiger charge is -2.22. The normalized spacial score (nSPS) is 31.2. The lowest BCUT2D eigenvalue weighted by atomic mass is 9.92. The minimum atomic E-state index is -0.982. The van der Waals surface area contributed by atoms with E-state index in [2.05, 4.69) is 11.8 Å². The molecule has 3 N–H and O–H groups in total. The van der Waals surface area contributed by atoms with Crippen LogP contribution in [0.1, 0.15) is 26.2 Å². The molecule has 1 unspecified atom stereocenters. The molecular formula is C9H18N2O2. The predicted octanol–water partition coefficient (Wildman–Crippen LogP) is 0.274. The summed E-state index contributed by atoms with van der Waals surface area (Å²) in [5.41, 5.74) is 4.81. The standard InChI is InChI=1S/C9H18N2O2/c1-2-11-6-3-4-9(10,5-7-11)8(12)13/h2-7,10H2,1H3,(H,12,13). The molecule has 0 amide bonds. The first kappa shape index (κ1) is 10.5. The molecular weight excluding hydrogens is 168 g/mol. The highest BCUT2D eigenvalue weighted by Gasteiger charge is 2.35. The van der Waals surface area contributed by atoms with E-state index in [1.54, 1.807) is 0 Å². The fourth-order valence-corrected chi connectivity index (χ4v) is 1.74. The first-order valence-electron chi connectivity index (χ1n) is 4.83. The van der Waals surface area contributed by atoms with Crippen molar-refractivity contribution < 1.29 is 9.90 Å². The van der Waals surface area contributed by atoms with Crippen LogP contribution in [0.5, 0.6) is 0 Å². The van der Waals surface area contributed by atoms with Crippen LogP contribution in [0, 0.1) is 0 Å². The minimum Gasteiger partial charge on any atom is -0.480 e. The smallest absolute Gasteiger partial charge is 0.323 e.